The third kappa shape index (κ3) is 4.89. The summed E-state index contributed by atoms with van der Waals surface area (Å²) in [5, 5.41) is 2.69. The fourth-order valence-electron chi connectivity index (χ4n) is 1.98. The number of hydrogen-bond acceptors (Lipinski definition) is 4. The Kier molecular flexibility index (Phi) is 6.14. The van der Waals surface area contributed by atoms with Crippen LogP contribution in [0.25, 0.3) is 0 Å². The minimum Gasteiger partial charge on any atom is -0.450 e. The molecule has 140 valence electrons. The summed E-state index contributed by atoms with van der Waals surface area (Å²) in [5.74, 6) is 0. The van der Waals surface area contributed by atoms with Gasteiger partial charge in [-0.3, -0.25) is 15.1 Å². The molecule has 0 atom stereocenters. The van der Waals surface area contributed by atoms with E-state index in [1.807, 2.05) is 0 Å². The molecule has 0 spiro atoms. The molecule has 6 nitrogen and oxygen atoms in total. The number of nitrogens with zero attached hydrogens (tertiary/aromatic N) is 1. The van der Waals surface area contributed by atoms with Crippen molar-refractivity contribution in [3.05, 3.63) is 55.7 Å². The van der Waals surface area contributed by atoms with Crippen molar-refractivity contribution in [1.29, 1.82) is 0 Å². The smallest absolute Gasteiger partial charge is 0.432 e. The zero-order chi connectivity index (χ0) is 19.5. The minimum atomic E-state index is -4.71. The third-order valence-electron chi connectivity index (χ3n) is 3.17. The molecule has 0 aliphatic heterocycles. The maximum atomic E-state index is 12.6. The van der Waals surface area contributed by atoms with Gasteiger partial charge in [-0.15, -0.1) is 0 Å². The van der Waals surface area contributed by atoms with Gasteiger partial charge < -0.3 is 9.72 Å². The highest BCUT2D eigenvalue weighted by atomic mass is 35.5. The zero-order valence-corrected chi connectivity index (χ0v) is 14.7. The number of halogens is 5. The average Bonchev–Trinajstić information content (AvgIpc) is 2.53. The van der Waals surface area contributed by atoms with Crippen LogP contribution in [-0.2, 0) is 17.3 Å². The molecule has 1 amide bonds. The molecule has 0 radical (unpaired) electrons. The predicted molar refractivity (Wildman–Crippen MR) is 89.8 cm³/mol. The number of H-pyrrole nitrogens is 1. The van der Waals surface area contributed by atoms with Crippen LogP contribution >= 0.6 is 23.2 Å². The lowest BCUT2D eigenvalue weighted by Crippen LogP contribution is -2.21. The highest BCUT2D eigenvalue weighted by molar-refractivity contribution is 6.37. The van der Waals surface area contributed by atoms with Crippen molar-refractivity contribution >= 4 is 35.0 Å². The summed E-state index contributed by atoms with van der Waals surface area (Å²) < 4.78 is 42.5. The van der Waals surface area contributed by atoms with Gasteiger partial charge in [-0.2, -0.15) is 13.2 Å². The summed E-state index contributed by atoms with van der Waals surface area (Å²) in [7, 11) is 0. The summed E-state index contributed by atoms with van der Waals surface area (Å²) in [4.78, 5) is 28.6. The monoisotopic (exact) mass is 409 g/mol. The maximum absolute atomic E-state index is 12.6. The number of aromatic nitrogens is 2. The molecule has 2 N–H and O–H groups in total. The van der Waals surface area contributed by atoms with Crippen molar-refractivity contribution in [3.63, 3.8) is 0 Å². The van der Waals surface area contributed by atoms with E-state index in [0.29, 0.717) is 11.8 Å². The molecule has 0 unspecified atom stereocenters. The number of rotatable bonds is 4. The summed E-state index contributed by atoms with van der Waals surface area (Å²) in [6.07, 6.45) is -5.09. The SMILES string of the molecule is CCOC(=O)Nc1cc(Cc2ncc(C(F)(F)F)[nH]c2=O)c(Cl)cc1Cl. The molecule has 0 saturated carbocycles. The van der Waals surface area contributed by atoms with E-state index in [9.17, 15) is 22.8 Å². The summed E-state index contributed by atoms with van der Waals surface area (Å²) >= 11 is 12.0. The molecule has 2 aromatic rings. The second-order valence-corrected chi connectivity index (χ2v) is 5.83. The Labute approximate surface area is 155 Å². The molecule has 1 heterocycles. The highest BCUT2D eigenvalue weighted by Gasteiger charge is 2.32. The van der Waals surface area contributed by atoms with Crippen LogP contribution in [0.5, 0.6) is 0 Å². The summed E-state index contributed by atoms with van der Waals surface area (Å²) in [5.41, 5.74) is -1.92. The molecule has 1 aromatic carbocycles. The first-order chi connectivity index (χ1) is 12.1. The van der Waals surface area contributed by atoms with Crippen molar-refractivity contribution in [2.75, 3.05) is 11.9 Å². The van der Waals surface area contributed by atoms with E-state index < -0.39 is 23.5 Å². The van der Waals surface area contributed by atoms with Crippen LogP contribution in [0.1, 0.15) is 23.9 Å². The van der Waals surface area contributed by atoms with Crippen molar-refractivity contribution < 1.29 is 22.7 Å². The Morgan fingerprint density at radius 3 is 2.58 bits per heavy atom. The topological polar surface area (TPSA) is 84.1 Å². The van der Waals surface area contributed by atoms with Crippen molar-refractivity contribution in [1.82, 2.24) is 9.97 Å². The Hall–Kier alpha value is -2.26. The van der Waals surface area contributed by atoms with Gasteiger partial charge in [0.25, 0.3) is 5.56 Å². The van der Waals surface area contributed by atoms with Gasteiger partial charge in [0.05, 0.1) is 23.5 Å². The van der Waals surface area contributed by atoms with Gasteiger partial charge in [0.15, 0.2) is 0 Å². The van der Waals surface area contributed by atoms with Crippen LogP contribution in [-0.4, -0.2) is 22.7 Å². The van der Waals surface area contributed by atoms with Gasteiger partial charge in [0.2, 0.25) is 0 Å². The standard InChI is InChI=1S/C15H12Cl2F3N3O3/c1-2-26-14(25)22-10-3-7(8(16)5-9(10)17)4-11-13(24)23-12(6-21-11)15(18,19)20/h3,5-6H,2,4H2,1H3,(H,22,25)(H,23,24). The van der Waals surface area contributed by atoms with Crippen molar-refractivity contribution in [3.8, 4) is 0 Å². The second-order valence-electron chi connectivity index (χ2n) is 5.02. The molecule has 0 aliphatic carbocycles. The minimum absolute atomic E-state index is 0.126. The fourth-order valence-corrected chi connectivity index (χ4v) is 2.48. The Bertz CT molecular complexity index is 885. The first kappa shape index (κ1) is 20.1. The quantitative estimate of drug-likeness (QED) is 0.789. The Balaban J connectivity index is 2.32. The lowest BCUT2D eigenvalue weighted by Gasteiger charge is -2.11. The number of carbonyl (C=O) groups excluding carboxylic acids is 1. The van der Waals surface area contributed by atoms with E-state index in [1.165, 1.54) is 12.1 Å². The number of anilines is 1. The van der Waals surface area contributed by atoms with E-state index in [2.05, 4.69) is 10.3 Å². The molecule has 26 heavy (non-hydrogen) atoms. The number of benzene rings is 1. The van der Waals surface area contributed by atoms with Gasteiger partial charge in [-0.05, 0) is 24.6 Å². The number of nitrogens with one attached hydrogen (secondary N) is 2. The van der Waals surface area contributed by atoms with Gasteiger partial charge in [-0.25, -0.2) is 4.79 Å². The molecule has 0 saturated heterocycles. The lowest BCUT2D eigenvalue weighted by atomic mass is 10.1. The van der Waals surface area contributed by atoms with E-state index in [4.69, 9.17) is 27.9 Å². The molecule has 2 rings (SSSR count). The first-order valence-electron chi connectivity index (χ1n) is 7.19. The second kappa shape index (κ2) is 7.96. The normalized spacial score (nSPS) is 11.3. The van der Waals surface area contributed by atoms with Crippen LogP contribution < -0.4 is 10.9 Å². The number of alkyl halides is 3. The van der Waals surface area contributed by atoms with Crippen molar-refractivity contribution in [2.24, 2.45) is 0 Å². The van der Waals surface area contributed by atoms with Crippen LogP contribution in [0, 0.1) is 0 Å². The first-order valence-corrected chi connectivity index (χ1v) is 7.94. The Morgan fingerprint density at radius 2 is 2.00 bits per heavy atom. The molecular formula is C15H12Cl2F3N3O3. The van der Waals surface area contributed by atoms with Crippen LogP contribution in [0.15, 0.2) is 23.1 Å². The Morgan fingerprint density at radius 1 is 1.31 bits per heavy atom. The number of carbonyl (C=O) groups is 1. The van der Waals surface area contributed by atoms with E-state index in [-0.39, 0.29) is 34.5 Å². The van der Waals surface area contributed by atoms with Gasteiger partial charge in [0.1, 0.15) is 11.4 Å². The molecular weight excluding hydrogens is 398 g/mol. The average molecular weight is 410 g/mol. The van der Waals surface area contributed by atoms with Gasteiger partial charge >= 0.3 is 12.3 Å². The molecule has 0 bridgehead atoms. The van der Waals surface area contributed by atoms with Gasteiger partial charge in [0, 0.05) is 11.4 Å². The molecule has 0 aliphatic rings. The fraction of sp³-hybridized carbons (Fsp3) is 0.267. The van der Waals surface area contributed by atoms with Crippen LogP contribution in [0.4, 0.5) is 23.7 Å². The summed E-state index contributed by atoms with van der Waals surface area (Å²) in [6, 6.07) is 2.72. The molecule has 1 aromatic heterocycles. The van der Waals surface area contributed by atoms with Crippen molar-refractivity contribution in [2.45, 2.75) is 19.5 Å². The maximum Gasteiger partial charge on any atom is 0.432 e. The largest absolute Gasteiger partial charge is 0.450 e. The molecule has 0 fully saturated rings. The van der Waals surface area contributed by atoms with Crippen LogP contribution in [0.2, 0.25) is 10.0 Å². The number of amides is 1. The highest BCUT2D eigenvalue weighted by Crippen LogP contribution is 2.31. The number of hydrogen-bond donors (Lipinski definition) is 2. The summed E-state index contributed by atoms with van der Waals surface area (Å²) in [6.45, 7) is 1.77. The van der Waals surface area contributed by atoms with Crippen LogP contribution in [0.3, 0.4) is 0 Å². The predicted octanol–water partition coefficient (Wildman–Crippen LogP) is 4.25. The zero-order valence-electron chi connectivity index (χ0n) is 13.2. The van der Waals surface area contributed by atoms with E-state index in [0.717, 1.165) is 0 Å². The molecule has 11 heteroatoms. The number of aromatic amines is 1. The van der Waals surface area contributed by atoms with E-state index in [1.54, 1.807) is 11.9 Å². The van der Waals surface area contributed by atoms with Gasteiger partial charge in [-0.1, -0.05) is 23.2 Å². The lowest BCUT2D eigenvalue weighted by molar-refractivity contribution is -0.141. The number of ether oxygens (including phenoxy) is 1. The van der Waals surface area contributed by atoms with E-state index >= 15 is 0 Å². The third-order valence-corrected chi connectivity index (χ3v) is 3.84.